The highest BCUT2D eigenvalue weighted by molar-refractivity contribution is 9.10. The third-order valence-electron chi connectivity index (χ3n) is 5.11. The molecular weight excluding hydrogens is 318 g/mol. The Balaban J connectivity index is 1.53. The fourth-order valence-corrected chi connectivity index (χ4v) is 4.72. The lowest BCUT2D eigenvalue weighted by atomic mass is 10.00. The molecule has 2 heterocycles. The molecule has 4 heteroatoms. The van der Waals surface area contributed by atoms with Gasteiger partial charge in [-0.3, -0.25) is 4.90 Å². The van der Waals surface area contributed by atoms with Crippen molar-refractivity contribution >= 4 is 15.9 Å². The third kappa shape index (κ3) is 2.18. The molecule has 1 N–H and O–H groups in total. The van der Waals surface area contributed by atoms with E-state index >= 15 is 0 Å². The topological polar surface area (TPSA) is 32.7 Å². The Morgan fingerprint density at radius 1 is 1.30 bits per heavy atom. The summed E-state index contributed by atoms with van der Waals surface area (Å²) in [6, 6.07) is 4.36. The van der Waals surface area contributed by atoms with Crippen molar-refractivity contribution in [1.29, 1.82) is 0 Å². The monoisotopic (exact) mass is 337 g/mol. The quantitative estimate of drug-likeness (QED) is 0.900. The van der Waals surface area contributed by atoms with Gasteiger partial charge in [0, 0.05) is 42.0 Å². The highest BCUT2D eigenvalue weighted by Gasteiger charge is 2.41. The number of benzene rings is 1. The zero-order valence-electron chi connectivity index (χ0n) is 11.5. The van der Waals surface area contributed by atoms with Gasteiger partial charge in [-0.15, -0.1) is 0 Å². The van der Waals surface area contributed by atoms with Gasteiger partial charge >= 0.3 is 0 Å². The van der Waals surface area contributed by atoms with E-state index in [0.29, 0.717) is 11.8 Å². The Bertz CT molecular complexity index is 533. The van der Waals surface area contributed by atoms with Gasteiger partial charge in [-0.2, -0.15) is 0 Å². The van der Waals surface area contributed by atoms with Gasteiger partial charge in [0.15, 0.2) is 0 Å². The number of hydrogen-bond donors (Lipinski definition) is 1. The van der Waals surface area contributed by atoms with Gasteiger partial charge in [0.1, 0.15) is 5.75 Å². The van der Waals surface area contributed by atoms with Crippen molar-refractivity contribution in [3.63, 3.8) is 0 Å². The first-order valence-electron chi connectivity index (χ1n) is 7.55. The van der Waals surface area contributed by atoms with Crippen LogP contribution in [0.1, 0.15) is 24.0 Å². The molecule has 0 aromatic heterocycles. The largest absolute Gasteiger partial charge is 0.493 e. The molecule has 0 amide bonds. The Morgan fingerprint density at radius 3 is 3.05 bits per heavy atom. The number of aliphatic hydroxyl groups is 1. The Labute approximate surface area is 128 Å². The molecule has 0 spiro atoms. The number of fused-ring (bicyclic) bond motifs is 2. The number of ether oxygens (including phenoxy) is 1. The summed E-state index contributed by atoms with van der Waals surface area (Å²) in [5.41, 5.74) is 2.62. The maximum atomic E-state index is 10.0. The summed E-state index contributed by atoms with van der Waals surface area (Å²) in [6.45, 7) is 3.92. The van der Waals surface area contributed by atoms with Gasteiger partial charge in [0.2, 0.25) is 0 Å². The number of aliphatic hydroxyl groups excluding tert-OH is 1. The number of nitrogens with zero attached hydrogens (tertiary/aromatic N) is 1. The Kier molecular flexibility index (Phi) is 3.28. The number of likely N-dealkylation sites (tertiary alicyclic amines) is 1. The zero-order chi connectivity index (χ0) is 13.7. The molecule has 3 aliphatic rings. The molecular formula is C16H20BrNO2. The number of hydrogen-bond acceptors (Lipinski definition) is 3. The van der Waals surface area contributed by atoms with Crippen molar-refractivity contribution in [1.82, 2.24) is 4.90 Å². The van der Waals surface area contributed by atoms with Crippen LogP contribution in [0.25, 0.3) is 0 Å². The predicted octanol–water partition coefficient (Wildman–Crippen LogP) is 2.59. The summed E-state index contributed by atoms with van der Waals surface area (Å²) in [5, 5.41) is 10.0. The van der Waals surface area contributed by atoms with Crippen LogP contribution >= 0.6 is 15.9 Å². The minimum Gasteiger partial charge on any atom is -0.493 e. The van der Waals surface area contributed by atoms with Gasteiger partial charge in [-0.1, -0.05) is 15.9 Å². The second kappa shape index (κ2) is 5.00. The van der Waals surface area contributed by atoms with Crippen LogP contribution in [0.3, 0.4) is 0 Å². The minimum absolute atomic E-state index is 0.0746. The molecule has 1 aliphatic carbocycles. The molecule has 2 fully saturated rings. The van der Waals surface area contributed by atoms with Gasteiger partial charge < -0.3 is 9.84 Å². The third-order valence-corrected chi connectivity index (χ3v) is 5.57. The van der Waals surface area contributed by atoms with Crippen LogP contribution in [-0.2, 0) is 13.0 Å². The van der Waals surface area contributed by atoms with Crippen LogP contribution in [0.2, 0.25) is 0 Å². The zero-order valence-corrected chi connectivity index (χ0v) is 13.1. The Morgan fingerprint density at radius 2 is 2.20 bits per heavy atom. The highest BCUT2D eigenvalue weighted by atomic mass is 79.9. The molecule has 0 radical (unpaired) electrons. The lowest BCUT2D eigenvalue weighted by Gasteiger charge is -2.19. The molecule has 1 saturated carbocycles. The van der Waals surface area contributed by atoms with E-state index in [0.717, 1.165) is 49.3 Å². The van der Waals surface area contributed by atoms with Crippen molar-refractivity contribution in [2.45, 2.75) is 31.9 Å². The van der Waals surface area contributed by atoms with E-state index in [1.165, 1.54) is 17.5 Å². The molecule has 3 unspecified atom stereocenters. The lowest BCUT2D eigenvalue weighted by Crippen LogP contribution is -2.24. The predicted molar refractivity (Wildman–Crippen MR) is 80.8 cm³/mol. The summed E-state index contributed by atoms with van der Waals surface area (Å²) in [6.07, 6.45) is 3.13. The maximum absolute atomic E-state index is 10.0. The van der Waals surface area contributed by atoms with Crippen molar-refractivity contribution in [3.05, 3.63) is 27.7 Å². The van der Waals surface area contributed by atoms with Gasteiger partial charge in [0.25, 0.3) is 0 Å². The van der Waals surface area contributed by atoms with E-state index < -0.39 is 0 Å². The normalized spacial score (nSPS) is 32.2. The maximum Gasteiger partial charge on any atom is 0.127 e. The average Bonchev–Trinajstić information content (AvgIpc) is 3.07. The first-order chi connectivity index (χ1) is 9.70. The molecule has 0 bridgehead atoms. The summed E-state index contributed by atoms with van der Waals surface area (Å²) in [5.74, 6) is 2.30. The van der Waals surface area contributed by atoms with E-state index in [-0.39, 0.29) is 6.10 Å². The standard InChI is InChI=1S/C16H20BrNO2/c17-13-5-10-3-4-20-16(10)12(6-13)8-18-7-11-1-2-15(19)14(11)9-18/h5-6,11,14-15,19H,1-4,7-9H2. The molecule has 1 aromatic carbocycles. The highest BCUT2D eigenvalue weighted by Crippen LogP contribution is 2.40. The molecule has 4 rings (SSSR count). The average molecular weight is 338 g/mol. The first-order valence-corrected chi connectivity index (χ1v) is 8.34. The second-order valence-electron chi connectivity index (χ2n) is 6.41. The number of rotatable bonds is 2. The van der Waals surface area contributed by atoms with Crippen LogP contribution < -0.4 is 4.74 Å². The lowest BCUT2D eigenvalue weighted by molar-refractivity contribution is 0.123. The fourth-order valence-electron chi connectivity index (χ4n) is 4.16. The summed E-state index contributed by atoms with van der Waals surface area (Å²) >= 11 is 3.61. The molecule has 3 nitrogen and oxygen atoms in total. The van der Waals surface area contributed by atoms with E-state index in [4.69, 9.17) is 4.74 Å². The Hall–Kier alpha value is -0.580. The molecule has 108 valence electrons. The van der Waals surface area contributed by atoms with Crippen LogP contribution in [0.15, 0.2) is 16.6 Å². The minimum atomic E-state index is -0.0746. The molecule has 20 heavy (non-hydrogen) atoms. The van der Waals surface area contributed by atoms with Crippen molar-refractivity contribution in [2.75, 3.05) is 19.7 Å². The van der Waals surface area contributed by atoms with E-state index in [1.54, 1.807) is 0 Å². The fraction of sp³-hybridized carbons (Fsp3) is 0.625. The molecule has 3 atom stereocenters. The first kappa shape index (κ1) is 13.1. The number of halogens is 1. The molecule has 1 aromatic rings. The van der Waals surface area contributed by atoms with E-state index in [1.807, 2.05) is 0 Å². The van der Waals surface area contributed by atoms with Gasteiger partial charge in [-0.25, -0.2) is 0 Å². The van der Waals surface area contributed by atoms with Crippen LogP contribution in [0.4, 0.5) is 0 Å². The van der Waals surface area contributed by atoms with Gasteiger partial charge in [0.05, 0.1) is 12.7 Å². The van der Waals surface area contributed by atoms with Crippen molar-refractivity contribution in [2.24, 2.45) is 11.8 Å². The summed E-state index contributed by atoms with van der Waals surface area (Å²) < 4.78 is 6.96. The summed E-state index contributed by atoms with van der Waals surface area (Å²) in [7, 11) is 0. The SMILES string of the molecule is OC1CCC2CN(Cc3cc(Br)cc4c3OCC4)CC12. The second-order valence-corrected chi connectivity index (χ2v) is 7.33. The van der Waals surface area contributed by atoms with E-state index in [2.05, 4.69) is 33.0 Å². The van der Waals surface area contributed by atoms with Crippen LogP contribution in [-0.4, -0.2) is 35.8 Å². The molecule has 2 aliphatic heterocycles. The molecule has 1 saturated heterocycles. The van der Waals surface area contributed by atoms with Crippen LogP contribution in [0.5, 0.6) is 5.75 Å². The van der Waals surface area contributed by atoms with Gasteiger partial charge in [-0.05, 0) is 36.5 Å². The van der Waals surface area contributed by atoms with Crippen LogP contribution in [0, 0.1) is 11.8 Å². The van der Waals surface area contributed by atoms with Crippen molar-refractivity contribution in [3.8, 4) is 5.75 Å². The van der Waals surface area contributed by atoms with E-state index in [9.17, 15) is 5.11 Å². The smallest absolute Gasteiger partial charge is 0.127 e. The van der Waals surface area contributed by atoms with Crippen molar-refractivity contribution < 1.29 is 9.84 Å². The summed E-state index contributed by atoms with van der Waals surface area (Å²) in [4.78, 5) is 2.49.